The van der Waals surface area contributed by atoms with Gasteiger partial charge in [0.1, 0.15) is 5.75 Å². The zero-order chi connectivity index (χ0) is 26.9. The van der Waals surface area contributed by atoms with Crippen LogP contribution in [0.3, 0.4) is 0 Å². The van der Waals surface area contributed by atoms with Crippen LogP contribution in [-0.4, -0.2) is 43.2 Å². The smallest absolute Gasteiger partial charge is 0.406 e. The van der Waals surface area contributed by atoms with Gasteiger partial charge in [-0.05, 0) is 54.0 Å². The van der Waals surface area contributed by atoms with Crippen LogP contribution in [-0.2, 0) is 12.0 Å². The van der Waals surface area contributed by atoms with Crippen molar-refractivity contribution in [3.05, 3.63) is 71.3 Å². The molecule has 5 rings (SSSR count). The molecule has 1 heterocycles. The van der Waals surface area contributed by atoms with Crippen LogP contribution in [0.5, 0.6) is 5.75 Å². The van der Waals surface area contributed by atoms with Crippen LogP contribution >= 0.6 is 0 Å². The number of carbonyl (C=O) groups excluding carboxylic acids is 1. The summed E-state index contributed by atoms with van der Waals surface area (Å²) in [6.45, 7) is 8.51. The maximum atomic E-state index is 13.7. The van der Waals surface area contributed by atoms with Crippen molar-refractivity contribution >= 4 is 22.2 Å². The van der Waals surface area contributed by atoms with Crippen LogP contribution in [0.4, 0.5) is 18.9 Å². The number of Topliss-reactive ketones (excluding diaryl/α,β-unsaturated/α-hetero) is 1. The quantitative estimate of drug-likeness (QED) is 0.306. The number of benzene rings is 3. The number of anilines is 1. The number of hydrogen-bond acceptors (Lipinski definition) is 4. The van der Waals surface area contributed by atoms with Gasteiger partial charge in [-0.25, -0.2) is 0 Å². The fourth-order valence-corrected chi connectivity index (χ4v) is 6.53. The molecule has 0 saturated carbocycles. The molecular formula is C31H35F3N2O2. The highest BCUT2D eigenvalue weighted by molar-refractivity contribution is 6.22. The third-order valence-electron chi connectivity index (χ3n) is 8.06. The van der Waals surface area contributed by atoms with Gasteiger partial charge in [-0.15, -0.1) is 13.2 Å². The fourth-order valence-electron chi connectivity index (χ4n) is 6.53. The van der Waals surface area contributed by atoms with Crippen molar-refractivity contribution < 1.29 is 22.7 Å². The van der Waals surface area contributed by atoms with Crippen molar-refractivity contribution in [1.29, 1.82) is 0 Å². The van der Waals surface area contributed by atoms with Gasteiger partial charge in [0.15, 0.2) is 5.78 Å². The standard InChI is InChI=1S/C31H35F3N2O2/c1-3-15-30(16-4-2)26-13-14-27(24-7-5-8-25(28(24)26)29(30)37)36-18-6-17-35(19-20-36)21-22-9-11-23(12-10-22)38-31(32,33)34/h5,7-14H,3-4,6,15-21H2,1-2H3. The van der Waals surface area contributed by atoms with E-state index in [2.05, 4.69) is 46.6 Å². The SMILES string of the molecule is CCCC1(CCC)C(=O)c2cccc3c(N4CCCN(Cc5ccc(OC(F)(F)F)cc5)CC4)ccc1c23. The van der Waals surface area contributed by atoms with E-state index in [4.69, 9.17) is 0 Å². The van der Waals surface area contributed by atoms with Gasteiger partial charge < -0.3 is 9.64 Å². The molecule has 38 heavy (non-hydrogen) atoms. The fraction of sp³-hybridized carbons (Fsp3) is 0.452. The zero-order valence-electron chi connectivity index (χ0n) is 22.1. The first-order valence-corrected chi connectivity index (χ1v) is 13.7. The minimum absolute atomic E-state index is 0.198. The molecule has 0 bridgehead atoms. The number of carbonyl (C=O) groups is 1. The van der Waals surface area contributed by atoms with Crippen molar-refractivity contribution in [2.24, 2.45) is 0 Å². The average molecular weight is 525 g/mol. The van der Waals surface area contributed by atoms with Crippen LogP contribution in [0.25, 0.3) is 10.8 Å². The Kier molecular flexibility index (Phi) is 7.40. The van der Waals surface area contributed by atoms with Crippen LogP contribution in [0.15, 0.2) is 54.6 Å². The molecule has 0 N–H and O–H groups in total. The van der Waals surface area contributed by atoms with E-state index in [1.807, 2.05) is 12.1 Å². The molecule has 0 amide bonds. The zero-order valence-corrected chi connectivity index (χ0v) is 22.1. The number of ether oxygens (including phenoxy) is 1. The number of hydrogen-bond donors (Lipinski definition) is 0. The predicted molar refractivity (Wildman–Crippen MR) is 145 cm³/mol. The number of halogens is 3. The summed E-state index contributed by atoms with van der Waals surface area (Å²) in [5.41, 5.74) is 3.81. The number of rotatable bonds is 8. The summed E-state index contributed by atoms with van der Waals surface area (Å²) >= 11 is 0. The molecule has 0 aromatic heterocycles. The molecule has 202 valence electrons. The van der Waals surface area contributed by atoms with E-state index in [-0.39, 0.29) is 11.5 Å². The summed E-state index contributed by atoms with van der Waals surface area (Å²) < 4.78 is 41.4. The summed E-state index contributed by atoms with van der Waals surface area (Å²) in [7, 11) is 0. The summed E-state index contributed by atoms with van der Waals surface area (Å²) in [6.07, 6.45) is 0.00745. The molecule has 4 nitrogen and oxygen atoms in total. The highest BCUT2D eigenvalue weighted by Crippen LogP contribution is 2.49. The summed E-state index contributed by atoms with van der Waals surface area (Å²) in [5.74, 6) is 0.0864. The van der Waals surface area contributed by atoms with Gasteiger partial charge in [0.25, 0.3) is 0 Å². The minimum Gasteiger partial charge on any atom is -0.406 e. The molecule has 0 atom stereocenters. The first-order chi connectivity index (χ1) is 18.3. The molecule has 1 aliphatic heterocycles. The summed E-state index contributed by atoms with van der Waals surface area (Å²) in [4.78, 5) is 18.5. The van der Waals surface area contributed by atoms with Crippen molar-refractivity contribution in [3.8, 4) is 5.75 Å². The first kappa shape index (κ1) is 26.5. The highest BCUT2D eigenvalue weighted by atomic mass is 19.4. The van der Waals surface area contributed by atoms with Crippen molar-refractivity contribution in [2.75, 3.05) is 31.1 Å². The highest BCUT2D eigenvalue weighted by Gasteiger charge is 2.46. The Morgan fingerprint density at radius 2 is 1.63 bits per heavy atom. The Bertz CT molecular complexity index is 1300. The molecule has 0 radical (unpaired) electrons. The maximum absolute atomic E-state index is 13.7. The lowest BCUT2D eigenvalue weighted by Gasteiger charge is -2.30. The minimum atomic E-state index is -4.68. The number of nitrogens with zero attached hydrogens (tertiary/aromatic N) is 2. The van der Waals surface area contributed by atoms with E-state index in [1.54, 1.807) is 12.1 Å². The molecule has 1 aliphatic carbocycles. The van der Waals surface area contributed by atoms with Gasteiger partial charge in [-0.3, -0.25) is 9.69 Å². The Morgan fingerprint density at radius 3 is 2.32 bits per heavy atom. The Labute approximate surface area is 222 Å². The third-order valence-corrected chi connectivity index (χ3v) is 8.06. The maximum Gasteiger partial charge on any atom is 0.573 e. The van der Waals surface area contributed by atoms with Gasteiger partial charge >= 0.3 is 6.36 Å². The molecule has 0 unspecified atom stereocenters. The summed E-state index contributed by atoms with van der Waals surface area (Å²) in [6, 6.07) is 16.8. The monoisotopic (exact) mass is 524 g/mol. The first-order valence-electron chi connectivity index (χ1n) is 13.7. The Morgan fingerprint density at radius 1 is 0.895 bits per heavy atom. The average Bonchev–Trinajstić information content (AvgIpc) is 3.01. The van der Waals surface area contributed by atoms with Crippen molar-refractivity contribution in [2.45, 2.75) is 64.3 Å². The van der Waals surface area contributed by atoms with E-state index < -0.39 is 11.8 Å². The molecule has 1 fully saturated rings. The molecule has 1 saturated heterocycles. The van der Waals surface area contributed by atoms with Gasteiger partial charge in [-0.2, -0.15) is 0 Å². The van der Waals surface area contributed by atoms with Gasteiger partial charge in [0.2, 0.25) is 0 Å². The van der Waals surface area contributed by atoms with Crippen LogP contribution in [0.1, 0.15) is 67.4 Å². The predicted octanol–water partition coefficient (Wildman–Crippen LogP) is 7.49. The second-order valence-electron chi connectivity index (χ2n) is 10.6. The molecule has 7 heteroatoms. The van der Waals surface area contributed by atoms with Gasteiger partial charge in [0, 0.05) is 49.4 Å². The molecular weight excluding hydrogens is 489 g/mol. The topological polar surface area (TPSA) is 32.8 Å². The van der Waals surface area contributed by atoms with Crippen molar-refractivity contribution in [3.63, 3.8) is 0 Å². The van der Waals surface area contributed by atoms with Crippen LogP contribution in [0, 0.1) is 0 Å². The van der Waals surface area contributed by atoms with E-state index >= 15 is 0 Å². The van der Waals surface area contributed by atoms with Gasteiger partial charge in [-0.1, -0.05) is 63.1 Å². The lowest BCUT2D eigenvalue weighted by Crippen LogP contribution is -2.32. The van der Waals surface area contributed by atoms with Gasteiger partial charge in [0.05, 0.1) is 5.41 Å². The molecule has 3 aromatic carbocycles. The van der Waals surface area contributed by atoms with Crippen molar-refractivity contribution in [1.82, 2.24) is 4.90 Å². The normalized spacial score (nSPS) is 17.7. The second-order valence-corrected chi connectivity index (χ2v) is 10.6. The van der Waals surface area contributed by atoms with E-state index in [1.165, 1.54) is 23.4 Å². The molecule has 0 spiro atoms. The second kappa shape index (κ2) is 10.6. The third kappa shape index (κ3) is 5.00. The van der Waals surface area contributed by atoms with E-state index in [9.17, 15) is 18.0 Å². The Hall–Kier alpha value is -3.06. The van der Waals surface area contributed by atoms with E-state index in [0.717, 1.165) is 80.2 Å². The van der Waals surface area contributed by atoms with E-state index in [0.29, 0.717) is 6.54 Å². The summed E-state index contributed by atoms with van der Waals surface area (Å²) in [5, 5.41) is 2.30. The number of alkyl halides is 3. The Balaban J connectivity index is 1.35. The van der Waals surface area contributed by atoms with Crippen LogP contribution < -0.4 is 9.64 Å². The largest absolute Gasteiger partial charge is 0.573 e. The molecule has 2 aliphatic rings. The molecule has 3 aromatic rings. The number of ketones is 1. The van der Waals surface area contributed by atoms with Crippen LogP contribution in [0.2, 0.25) is 0 Å². The lowest BCUT2D eigenvalue weighted by atomic mass is 9.73. The lowest BCUT2D eigenvalue weighted by molar-refractivity contribution is -0.274.